The zero-order valence-electron chi connectivity index (χ0n) is 11.1. The lowest BCUT2D eigenvalue weighted by Crippen LogP contribution is -2.39. The number of thiophene rings is 1. The van der Waals surface area contributed by atoms with E-state index in [9.17, 15) is 5.11 Å². The van der Waals surface area contributed by atoms with Crippen molar-refractivity contribution in [3.05, 3.63) is 23.7 Å². The molecule has 1 fully saturated rings. The maximum absolute atomic E-state index is 9.38. The van der Waals surface area contributed by atoms with Gasteiger partial charge in [-0.25, -0.2) is 4.98 Å². The van der Waals surface area contributed by atoms with E-state index in [2.05, 4.69) is 27.4 Å². The maximum Gasteiger partial charge on any atom is 0.137 e. The number of pyridine rings is 1. The van der Waals surface area contributed by atoms with Gasteiger partial charge in [-0.2, -0.15) is 0 Å². The molecule has 0 amide bonds. The molecule has 3 rings (SSSR count). The lowest BCUT2D eigenvalue weighted by atomic mass is 9.94. The van der Waals surface area contributed by atoms with Crippen molar-refractivity contribution in [2.45, 2.75) is 38.1 Å². The van der Waals surface area contributed by atoms with Gasteiger partial charge in [0.15, 0.2) is 0 Å². The minimum absolute atomic E-state index is 0.193. The molecule has 0 atom stereocenters. The number of aliphatic hydroxyl groups excluding tert-OH is 1. The van der Waals surface area contributed by atoms with Gasteiger partial charge < -0.3 is 10.0 Å². The third kappa shape index (κ3) is 2.60. The molecule has 0 aliphatic heterocycles. The summed E-state index contributed by atoms with van der Waals surface area (Å²) in [6.45, 7) is 0.880. The predicted octanol–water partition coefficient (Wildman–Crippen LogP) is 3.43. The number of hydrogen-bond acceptors (Lipinski definition) is 4. The molecule has 0 radical (unpaired) electrons. The molecule has 3 nitrogen and oxygen atoms in total. The Kier molecular flexibility index (Phi) is 3.99. The van der Waals surface area contributed by atoms with Gasteiger partial charge in [0.1, 0.15) is 5.82 Å². The number of nitrogens with zero attached hydrogens (tertiary/aromatic N) is 2. The normalized spacial score (nSPS) is 16.9. The topological polar surface area (TPSA) is 36.4 Å². The summed E-state index contributed by atoms with van der Waals surface area (Å²) in [5.41, 5.74) is 0. The van der Waals surface area contributed by atoms with E-state index < -0.39 is 0 Å². The molecule has 19 heavy (non-hydrogen) atoms. The summed E-state index contributed by atoms with van der Waals surface area (Å²) in [5, 5.41) is 12.7. The fourth-order valence-electron chi connectivity index (χ4n) is 3.07. The number of aromatic nitrogens is 1. The molecule has 2 aromatic rings. The summed E-state index contributed by atoms with van der Waals surface area (Å²) in [4.78, 5) is 6.92. The number of aliphatic hydroxyl groups is 1. The van der Waals surface area contributed by atoms with Crippen molar-refractivity contribution < 1.29 is 5.11 Å². The summed E-state index contributed by atoms with van der Waals surface area (Å²) in [6.07, 6.45) is 8.28. The Balaban J connectivity index is 1.96. The Bertz CT molecular complexity index is 534. The average Bonchev–Trinajstić information content (AvgIpc) is 2.94. The Hall–Kier alpha value is -1.13. The van der Waals surface area contributed by atoms with Crippen LogP contribution in [0.2, 0.25) is 0 Å². The highest BCUT2D eigenvalue weighted by Crippen LogP contribution is 2.32. The van der Waals surface area contributed by atoms with Gasteiger partial charge >= 0.3 is 0 Å². The maximum atomic E-state index is 9.38. The minimum atomic E-state index is 0.193. The van der Waals surface area contributed by atoms with Crippen molar-refractivity contribution in [3.63, 3.8) is 0 Å². The van der Waals surface area contributed by atoms with Crippen LogP contribution in [0, 0.1) is 0 Å². The average molecular weight is 276 g/mol. The first-order valence-electron chi connectivity index (χ1n) is 7.10. The van der Waals surface area contributed by atoms with E-state index in [4.69, 9.17) is 0 Å². The molecule has 0 spiro atoms. The molecular weight excluding hydrogens is 256 g/mol. The molecule has 4 heteroatoms. The summed E-state index contributed by atoms with van der Waals surface area (Å²) in [5.74, 6) is 1.06. The molecule has 1 aliphatic carbocycles. The smallest absolute Gasteiger partial charge is 0.137 e. The monoisotopic (exact) mass is 276 g/mol. The fraction of sp³-hybridized carbons (Fsp3) is 0.533. The molecule has 2 heterocycles. The van der Waals surface area contributed by atoms with Gasteiger partial charge in [-0.05, 0) is 30.4 Å². The van der Waals surface area contributed by atoms with Crippen molar-refractivity contribution in [1.82, 2.24) is 4.98 Å². The van der Waals surface area contributed by atoms with Gasteiger partial charge in [0, 0.05) is 28.9 Å². The summed E-state index contributed by atoms with van der Waals surface area (Å²) >= 11 is 1.75. The summed E-state index contributed by atoms with van der Waals surface area (Å²) < 4.78 is 1.28. The fourth-order valence-corrected chi connectivity index (χ4v) is 3.85. The molecule has 1 N–H and O–H groups in total. The van der Waals surface area contributed by atoms with Crippen molar-refractivity contribution in [2.24, 2.45) is 0 Å². The molecule has 0 bridgehead atoms. The minimum Gasteiger partial charge on any atom is -0.395 e. The SMILES string of the molecule is OCCN(c1nccc2sccc12)C1CCCCC1. The largest absolute Gasteiger partial charge is 0.395 e. The first-order valence-corrected chi connectivity index (χ1v) is 7.98. The Labute approximate surface area is 117 Å². The van der Waals surface area contributed by atoms with Crippen molar-refractivity contribution >= 4 is 27.2 Å². The van der Waals surface area contributed by atoms with Crippen LogP contribution >= 0.6 is 11.3 Å². The molecule has 2 aromatic heterocycles. The highest BCUT2D eigenvalue weighted by molar-refractivity contribution is 7.17. The van der Waals surface area contributed by atoms with Crippen LogP contribution in [-0.2, 0) is 0 Å². The Morgan fingerprint density at radius 1 is 1.26 bits per heavy atom. The van der Waals surface area contributed by atoms with Crippen LogP contribution in [0.3, 0.4) is 0 Å². The zero-order valence-corrected chi connectivity index (χ0v) is 11.9. The van der Waals surface area contributed by atoms with Gasteiger partial charge in [-0.3, -0.25) is 0 Å². The van der Waals surface area contributed by atoms with Crippen LogP contribution in [-0.4, -0.2) is 29.3 Å². The third-order valence-corrected chi connectivity index (χ3v) is 4.87. The highest BCUT2D eigenvalue weighted by Gasteiger charge is 2.23. The van der Waals surface area contributed by atoms with Gasteiger partial charge in [-0.1, -0.05) is 19.3 Å². The van der Waals surface area contributed by atoms with E-state index in [-0.39, 0.29) is 6.61 Å². The van der Waals surface area contributed by atoms with Crippen molar-refractivity contribution in [1.29, 1.82) is 0 Å². The van der Waals surface area contributed by atoms with Crippen LogP contribution in [0.4, 0.5) is 5.82 Å². The second kappa shape index (κ2) is 5.88. The van der Waals surface area contributed by atoms with E-state index in [0.29, 0.717) is 12.6 Å². The molecule has 0 aromatic carbocycles. The van der Waals surface area contributed by atoms with E-state index in [1.165, 1.54) is 42.2 Å². The number of hydrogen-bond donors (Lipinski definition) is 1. The molecule has 0 saturated heterocycles. The predicted molar refractivity (Wildman–Crippen MR) is 80.9 cm³/mol. The van der Waals surface area contributed by atoms with E-state index >= 15 is 0 Å². The van der Waals surface area contributed by atoms with Crippen molar-refractivity contribution in [3.8, 4) is 0 Å². The molecule has 102 valence electrons. The van der Waals surface area contributed by atoms with E-state index in [0.717, 1.165) is 5.82 Å². The lowest BCUT2D eigenvalue weighted by molar-refractivity contribution is 0.289. The molecular formula is C15H20N2OS. The standard InChI is InChI=1S/C15H20N2OS/c18-10-9-17(12-4-2-1-3-5-12)15-13-7-11-19-14(13)6-8-16-15/h6-8,11-12,18H,1-5,9-10H2. The quantitative estimate of drug-likeness (QED) is 0.929. The van der Waals surface area contributed by atoms with Crippen LogP contribution < -0.4 is 4.90 Å². The van der Waals surface area contributed by atoms with Crippen LogP contribution in [0.25, 0.3) is 10.1 Å². The first kappa shape index (κ1) is 12.9. The highest BCUT2D eigenvalue weighted by atomic mass is 32.1. The number of fused-ring (bicyclic) bond motifs is 1. The van der Waals surface area contributed by atoms with Gasteiger partial charge in [0.25, 0.3) is 0 Å². The van der Waals surface area contributed by atoms with Gasteiger partial charge in [0.05, 0.1) is 6.61 Å². The second-order valence-electron chi connectivity index (χ2n) is 5.18. The number of rotatable bonds is 4. The first-order chi connectivity index (χ1) is 9.40. The third-order valence-electron chi connectivity index (χ3n) is 3.99. The van der Waals surface area contributed by atoms with Gasteiger partial charge in [0.2, 0.25) is 0 Å². The van der Waals surface area contributed by atoms with Crippen LogP contribution in [0.5, 0.6) is 0 Å². The summed E-state index contributed by atoms with van der Waals surface area (Å²) in [6, 6.07) is 4.76. The lowest BCUT2D eigenvalue weighted by Gasteiger charge is -2.35. The van der Waals surface area contributed by atoms with Gasteiger partial charge in [-0.15, -0.1) is 11.3 Å². The van der Waals surface area contributed by atoms with Crippen LogP contribution in [0.15, 0.2) is 23.7 Å². The summed E-state index contributed by atoms with van der Waals surface area (Å²) in [7, 11) is 0. The van der Waals surface area contributed by atoms with E-state index in [1.807, 2.05) is 6.20 Å². The Morgan fingerprint density at radius 3 is 2.89 bits per heavy atom. The van der Waals surface area contributed by atoms with E-state index in [1.54, 1.807) is 11.3 Å². The van der Waals surface area contributed by atoms with Crippen molar-refractivity contribution in [2.75, 3.05) is 18.1 Å². The molecule has 0 unspecified atom stereocenters. The zero-order chi connectivity index (χ0) is 13.1. The number of anilines is 1. The molecule has 1 aliphatic rings. The molecule has 1 saturated carbocycles. The Morgan fingerprint density at radius 2 is 2.11 bits per heavy atom. The van der Waals surface area contributed by atoms with Crippen LogP contribution in [0.1, 0.15) is 32.1 Å². The second-order valence-corrected chi connectivity index (χ2v) is 6.12.